The van der Waals surface area contributed by atoms with Crippen LogP contribution in [0.3, 0.4) is 0 Å². The number of hydrazone groups is 1. The Morgan fingerprint density at radius 3 is 2.61 bits per heavy atom. The third kappa shape index (κ3) is 6.02. The second-order valence-electron chi connectivity index (χ2n) is 7.45. The first-order chi connectivity index (χ1) is 17.6. The van der Waals surface area contributed by atoms with Crippen LogP contribution in [-0.4, -0.2) is 51.5 Å². The minimum atomic E-state index is -0.298. The average molecular weight is 504 g/mol. The summed E-state index contributed by atoms with van der Waals surface area (Å²) in [5, 5.41) is 23.1. The van der Waals surface area contributed by atoms with Crippen LogP contribution in [0.5, 0.6) is 17.2 Å². The van der Waals surface area contributed by atoms with Crippen LogP contribution in [0.25, 0.3) is 17.1 Å². The molecule has 4 rings (SSSR count). The molecule has 0 radical (unpaired) electrons. The molecular formula is C26H25N5O4S. The number of hydrogen-bond donors (Lipinski definition) is 2. The van der Waals surface area contributed by atoms with Gasteiger partial charge in [-0.1, -0.05) is 30.0 Å². The Bertz CT molecular complexity index is 1340. The average Bonchev–Trinajstić information content (AvgIpc) is 3.34. The highest BCUT2D eigenvalue weighted by atomic mass is 32.2. The molecule has 0 spiro atoms. The normalized spacial score (nSPS) is 10.9. The SMILES string of the molecule is CCOc1cc(C=NNC(=O)CSc2nnc(-c3ccc(OC)cc3)n2-c2ccccc2)ccc1O. The molecule has 1 aromatic heterocycles. The predicted octanol–water partition coefficient (Wildman–Crippen LogP) is 4.29. The zero-order valence-electron chi connectivity index (χ0n) is 19.8. The van der Waals surface area contributed by atoms with Crippen molar-refractivity contribution >= 4 is 23.9 Å². The smallest absolute Gasteiger partial charge is 0.250 e. The molecule has 4 aromatic rings. The molecule has 9 nitrogen and oxygen atoms in total. The van der Waals surface area contributed by atoms with E-state index in [1.807, 2.05) is 66.1 Å². The topological polar surface area (TPSA) is 111 Å². The van der Waals surface area contributed by atoms with Crippen molar-refractivity contribution in [3.63, 3.8) is 0 Å². The van der Waals surface area contributed by atoms with E-state index in [4.69, 9.17) is 9.47 Å². The molecule has 0 fully saturated rings. The number of nitrogens with zero attached hydrogens (tertiary/aromatic N) is 4. The quantitative estimate of drug-likeness (QED) is 0.189. The van der Waals surface area contributed by atoms with Crippen LogP contribution in [0.2, 0.25) is 0 Å². The van der Waals surface area contributed by atoms with Gasteiger partial charge in [-0.25, -0.2) is 5.43 Å². The number of carbonyl (C=O) groups excluding carboxylic acids is 1. The molecule has 0 aliphatic carbocycles. The summed E-state index contributed by atoms with van der Waals surface area (Å²) in [6.45, 7) is 2.26. The number of nitrogens with one attached hydrogen (secondary N) is 1. The lowest BCUT2D eigenvalue weighted by atomic mass is 10.2. The number of para-hydroxylation sites is 1. The van der Waals surface area contributed by atoms with Crippen molar-refractivity contribution < 1.29 is 19.4 Å². The van der Waals surface area contributed by atoms with Crippen molar-refractivity contribution in [3.8, 4) is 34.3 Å². The van der Waals surface area contributed by atoms with Gasteiger partial charge in [0.2, 0.25) is 0 Å². The van der Waals surface area contributed by atoms with Gasteiger partial charge in [0.1, 0.15) is 5.75 Å². The molecule has 0 bridgehead atoms. The molecule has 184 valence electrons. The van der Waals surface area contributed by atoms with Crippen molar-refractivity contribution in [1.82, 2.24) is 20.2 Å². The number of phenols is 1. The molecule has 10 heteroatoms. The largest absolute Gasteiger partial charge is 0.504 e. The standard InChI is InChI=1S/C26H25N5O4S/c1-3-35-23-15-18(9-14-22(23)32)16-27-28-24(33)17-36-26-30-29-25(19-10-12-21(34-2)13-11-19)31(26)20-7-5-4-6-8-20/h4-16,32H,3,17H2,1-2H3,(H,28,33). The molecule has 3 aromatic carbocycles. The highest BCUT2D eigenvalue weighted by Gasteiger charge is 2.17. The van der Waals surface area contributed by atoms with E-state index in [9.17, 15) is 9.90 Å². The maximum atomic E-state index is 12.4. The number of rotatable bonds is 10. The van der Waals surface area contributed by atoms with Crippen molar-refractivity contribution in [1.29, 1.82) is 0 Å². The lowest BCUT2D eigenvalue weighted by Gasteiger charge is -2.10. The Morgan fingerprint density at radius 1 is 1.11 bits per heavy atom. The minimum Gasteiger partial charge on any atom is -0.504 e. The van der Waals surface area contributed by atoms with Crippen LogP contribution in [0.1, 0.15) is 12.5 Å². The van der Waals surface area contributed by atoms with Gasteiger partial charge in [-0.05, 0) is 67.1 Å². The number of aromatic nitrogens is 3. The first-order valence-electron chi connectivity index (χ1n) is 11.1. The third-order valence-electron chi connectivity index (χ3n) is 5.01. The fourth-order valence-corrected chi connectivity index (χ4v) is 4.07. The summed E-state index contributed by atoms with van der Waals surface area (Å²) in [6, 6.07) is 22.1. The number of carbonyl (C=O) groups is 1. The minimum absolute atomic E-state index is 0.0472. The lowest BCUT2D eigenvalue weighted by molar-refractivity contribution is -0.118. The van der Waals surface area contributed by atoms with Crippen molar-refractivity contribution in [2.45, 2.75) is 12.1 Å². The number of methoxy groups -OCH3 is 1. The molecule has 0 aliphatic heterocycles. The van der Waals surface area contributed by atoms with E-state index in [2.05, 4.69) is 20.7 Å². The number of amides is 1. The Hall–Kier alpha value is -4.31. The number of thioether (sulfide) groups is 1. The van der Waals surface area contributed by atoms with E-state index < -0.39 is 0 Å². The van der Waals surface area contributed by atoms with Gasteiger partial charge in [0.05, 0.1) is 25.7 Å². The van der Waals surface area contributed by atoms with Crippen LogP contribution in [0.4, 0.5) is 0 Å². The van der Waals surface area contributed by atoms with Gasteiger partial charge in [-0.15, -0.1) is 10.2 Å². The number of hydrogen-bond acceptors (Lipinski definition) is 8. The molecular weight excluding hydrogens is 478 g/mol. The van der Waals surface area contributed by atoms with Gasteiger partial charge < -0.3 is 14.6 Å². The highest BCUT2D eigenvalue weighted by Crippen LogP contribution is 2.29. The predicted molar refractivity (Wildman–Crippen MR) is 139 cm³/mol. The summed E-state index contributed by atoms with van der Waals surface area (Å²) >= 11 is 1.26. The number of phenolic OH excluding ortho intramolecular Hbond substituents is 1. The first-order valence-corrected chi connectivity index (χ1v) is 12.1. The summed E-state index contributed by atoms with van der Waals surface area (Å²) in [7, 11) is 1.62. The molecule has 36 heavy (non-hydrogen) atoms. The fourth-order valence-electron chi connectivity index (χ4n) is 3.32. The summed E-state index contributed by atoms with van der Waals surface area (Å²) < 4.78 is 12.5. The summed E-state index contributed by atoms with van der Waals surface area (Å²) in [5.74, 6) is 1.60. The molecule has 2 N–H and O–H groups in total. The molecule has 0 saturated carbocycles. The van der Waals surface area contributed by atoms with E-state index in [1.165, 1.54) is 24.0 Å². The Labute approximate surface area is 212 Å². The van der Waals surface area contributed by atoms with Crippen molar-refractivity contribution in [2.24, 2.45) is 5.10 Å². The first kappa shape index (κ1) is 24.8. The van der Waals surface area contributed by atoms with Crippen LogP contribution in [0.15, 0.2) is 83.1 Å². The number of ether oxygens (including phenoxy) is 2. The van der Waals surface area contributed by atoms with E-state index in [-0.39, 0.29) is 17.4 Å². The Balaban J connectivity index is 1.46. The molecule has 0 unspecified atom stereocenters. The molecule has 0 aliphatic rings. The van der Waals surface area contributed by atoms with Crippen LogP contribution >= 0.6 is 11.8 Å². The van der Waals surface area contributed by atoms with Crippen molar-refractivity contribution in [2.75, 3.05) is 19.5 Å². The van der Waals surface area contributed by atoms with Crippen LogP contribution < -0.4 is 14.9 Å². The van der Waals surface area contributed by atoms with E-state index in [0.717, 1.165) is 17.0 Å². The zero-order valence-corrected chi connectivity index (χ0v) is 20.6. The van der Waals surface area contributed by atoms with Gasteiger partial charge in [-0.2, -0.15) is 5.10 Å². The summed E-state index contributed by atoms with van der Waals surface area (Å²) in [5.41, 5.74) is 4.94. The Kier molecular flexibility index (Phi) is 8.20. The van der Waals surface area contributed by atoms with Gasteiger partial charge in [0.15, 0.2) is 22.5 Å². The lowest BCUT2D eigenvalue weighted by Crippen LogP contribution is -2.20. The van der Waals surface area contributed by atoms with E-state index in [0.29, 0.717) is 28.9 Å². The van der Waals surface area contributed by atoms with Crippen molar-refractivity contribution in [3.05, 3.63) is 78.4 Å². The highest BCUT2D eigenvalue weighted by molar-refractivity contribution is 7.99. The van der Waals surface area contributed by atoms with Crippen LogP contribution in [-0.2, 0) is 4.79 Å². The maximum absolute atomic E-state index is 12.4. The fraction of sp³-hybridized carbons (Fsp3) is 0.154. The zero-order chi connectivity index (χ0) is 25.3. The second-order valence-corrected chi connectivity index (χ2v) is 8.39. The maximum Gasteiger partial charge on any atom is 0.250 e. The number of aromatic hydroxyl groups is 1. The van der Waals surface area contributed by atoms with E-state index in [1.54, 1.807) is 19.2 Å². The van der Waals surface area contributed by atoms with Gasteiger partial charge >= 0.3 is 0 Å². The molecule has 1 heterocycles. The van der Waals surface area contributed by atoms with Gasteiger partial charge in [-0.3, -0.25) is 9.36 Å². The summed E-state index contributed by atoms with van der Waals surface area (Å²) in [4.78, 5) is 12.4. The molecule has 0 atom stereocenters. The third-order valence-corrected chi connectivity index (χ3v) is 5.94. The van der Waals surface area contributed by atoms with E-state index >= 15 is 0 Å². The molecule has 0 saturated heterocycles. The second kappa shape index (κ2) is 11.9. The van der Waals surface area contributed by atoms with Crippen LogP contribution in [0, 0.1) is 0 Å². The van der Waals surface area contributed by atoms with Gasteiger partial charge in [0.25, 0.3) is 5.91 Å². The Morgan fingerprint density at radius 2 is 1.89 bits per heavy atom. The van der Waals surface area contributed by atoms with Gasteiger partial charge in [0, 0.05) is 11.3 Å². The number of benzene rings is 3. The molecule has 1 amide bonds. The summed E-state index contributed by atoms with van der Waals surface area (Å²) in [6.07, 6.45) is 1.48. The monoisotopic (exact) mass is 503 g/mol.